The van der Waals surface area contributed by atoms with Crippen LogP contribution in [0.4, 0.5) is 10.1 Å². The average Bonchev–Trinajstić information content (AvgIpc) is 2.67. The Kier molecular flexibility index (Phi) is 3.90. The largest absolute Gasteiger partial charge is 0.494 e. The summed E-state index contributed by atoms with van der Waals surface area (Å²) in [6, 6.07) is 12.6. The van der Waals surface area contributed by atoms with Crippen LogP contribution in [0.5, 0.6) is 5.75 Å². The van der Waals surface area contributed by atoms with Crippen molar-refractivity contribution < 1.29 is 10.5 Å². The number of rotatable bonds is 3. The molecule has 0 radical (unpaired) electrons. The second-order valence-electron chi connectivity index (χ2n) is 6.19. The topological polar surface area (TPSA) is 36.9 Å². The number of para-hydroxylation sites is 1. The Hall–Kier alpha value is -3.08. The lowest BCUT2D eigenvalue weighted by molar-refractivity contribution is 0.353. The number of halogens is 1. The average molecular weight is 350 g/mol. The zero-order chi connectivity index (χ0) is 19.0. The minimum Gasteiger partial charge on any atom is -0.494 e. The number of hydrogen-bond donors (Lipinski definition) is 1. The number of hydrogen-bond acceptors (Lipinski definition) is 4. The van der Waals surface area contributed by atoms with E-state index in [4.69, 9.17) is 6.11 Å². The highest BCUT2D eigenvalue weighted by Crippen LogP contribution is 2.33. The molecule has 132 valence electrons. The predicted octanol–water partition coefficient (Wildman–Crippen LogP) is 4.27. The fourth-order valence-corrected chi connectivity index (χ4v) is 3.25. The van der Waals surface area contributed by atoms with Crippen molar-refractivity contribution in [2.24, 2.45) is 4.99 Å². The summed E-state index contributed by atoms with van der Waals surface area (Å²) < 4.78 is 28.3. The van der Waals surface area contributed by atoms with Crippen LogP contribution >= 0.6 is 0 Å². The number of fused-ring (bicyclic) bond motifs is 1. The van der Waals surface area contributed by atoms with Gasteiger partial charge in [-0.05, 0) is 36.8 Å². The Bertz CT molecular complexity index is 985. The molecule has 0 aliphatic carbocycles. The smallest absolute Gasteiger partial charge is 0.196 e. The number of anilines is 1. The number of nitrogens with zero attached hydrogens (tertiary/aromatic N) is 2. The molecule has 1 unspecified atom stereocenters. The lowest BCUT2D eigenvalue weighted by Crippen LogP contribution is -2.41. The molecular weight excluding hydrogens is 329 g/mol. The van der Waals surface area contributed by atoms with E-state index in [-0.39, 0.29) is 5.75 Å². The lowest BCUT2D eigenvalue weighted by Gasteiger charge is -2.37. The summed E-state index contributed by atoms with van der Waals surface area (Å²) in [5.41, 5.74) is 4.16. The van der Waals surface area contributed by atoms with E-state index < -0.39 is 12.1 Å². The van der Waals surface area contributed by atoms with Crippen molar-refractivity contribution in [1.82, 2.24) is 4.90 Å². The van der Waals surface area contributed by atoms with E-state index in [0.29, 0.717) is 12.1 Å². The highest BCUT2D eigenvalue weighted by molar-refractivity contribution is 5.89. The van der Waals surface area contributed by atoms with Gasteiger partial charge in [-0.1, -0.05) is 30.4 Å². The van der Waals surface area contributed by atoms with Gasteiger partial charge in [0.1, 0.15) is 1.37 Å². The predicted molar refractivity (Wildman–Crippen MR) is 103 cm³/mol. The molecular formula is C21H20FN3O. The zero-order valence-corrected chi connectivity index (χ0v) is 14.7. The lowest BCUT2D eigenvalue weighted by atomic mass is 10.0. The first-order valence-corrected chi connectivity index (χ1v) is 8.43. The molecule has 0 bridgehead atoms. The van der Waals surface area contributed by atoms with Crippen LogP contribution < -0.4 is 10.1 Å². The molecule has 0 spiro atoms. The van der Waals surface area contributed by atoms with Crippen molar-refractivity contribution in [3.05, 3.63) is 77.1 Å². The highest BCUT2D eigenvalue weighted by atomic mass is 19.1. The Morgan fingerprint density at radius 2 is 2.15 bits per heavy atom. The van der Waals surface area contributed by atoms with Crippen LogP contribution in [0.1, 0.15) is 19.4 Å². The molecule has 0 saturated carbocycles. The van der Waals surface area contributed by atoms with Gasteiger partial charge in [-0.3, -0.25) is 0 Å². The Morgan fingerprint density at radius 1 is 1.31 bits per heavy atom. The molecule has 2 aliphatic heterocycles. The van der Waals surface area contributed by atoms with Gasteiger partial charge in [0.25, 0.3) is 0 Å². The standard InChI is InChI=1S/C21H20FN3O/c1-14-6-5-11-25(20(14)15-9-10-19(26-2)17(22)12-15)21-23-13-16-7-3-4-8-18(16)24-21/h3-10,12-13,21,24H,11H2,1-2H3/i21D. The van der Waals surface area contributed by atoms with Crippen LogP contribution in [-0.2, 0) is 0 Å². The molecule has 0 saturated heterocycles. The van der Waals surface area contributed by atoms with Crippen molar-refractivity contribution >= 4 is 17.6 Å². The molecule has 0 aromatic heterocycles. The Labute approximate surface area is 153 Å². The maximum atomic E-state index is 14.3. The molecule has 1 atom stereocenters. The fraction of sp³-hybridized carbons (Fsp3) is 0.190. The molecule has 0 fully saturated rings. The molecule has 2 aliphatic rings. The van der Waals surface area contributed by atoms with E-state index in [0.717, 1.165) is 22.5 Å². The van der Waals surface area contributed by atoms with Gasteiger partial charge < -0.3 is 15.0 Å². The summed E-state index contributed by atoms with van der Waals surface area (Å²) in [5, 5.41) is 3.21. The number of benzene rings is 2. The van der Waals surface area contributed by atoms with Gasteiger partial charge in [0, 0.05) is 29.6 Å². The highest BCUT2D eigenvalue weighted by Gasteiger charge is 2.26. The van der Waals surface area contributed by atoms with Crippen LogP contribution in [0.15, 0.2) is 65.2 Å². The van der Waals surface area contributed by atoms with E-state index in [1.165, 1.54) is 13.2 Å². The van der Waals surface area contributed by atoms with E-state index in [1.807, 2.05) is 48.2 Å². The van der Waals surface area contributed by atoms with Crippen molar-refractivity contribution in [2.45, 2.75) is 13.2 Å². The Morgan fingerprint density at radius 3 is 2.96 bits per heavy atom. The zero-order valence-electron chi connectivity index (χ0n) is 15.7. The van der Waals surface area contributed by atoms with Gasteiger partial charge in [-0.15, -0.1) is 0 Å². The van der Waals surface area contributed by atoms with Crippen molar-refractivity contribution in [2.75, 3.05) is 19.0 Å². The molecule has 5 heteroatoms. The van der Waals surface area contributed by atoms with Crippen LogP contribution in [0.2, 0.25) is 0 Å². The third-order valence-electron chi connectivity index (χ3n) is 4.51. The van der Waals surface area contributed by atoms with Crippen LogP contribution in [0.3, 0.4) is 0 Å². The minimum absolute atomic E-state index is 0.193. The second kappa shape index (κ2) is 6.67. The molecule has 4 rings (SSSR count). The normalized spacial score (nSPS) is 22.0. The maximum Gasteiger partial charge on any atom is 0.196 e. The summed E-state index contributed by atoms with van der Waals surface area (Å²) in [4.78, 5) is 6.29. The number of allylic oxidation sites excluding steroid dienone is 2. The summed E-state index contributed by atoms with van der Waals surface area (Å²) >= 11 is 0. The Balaban J connectivity index is 1.77. The van der Waals surface area contributed by atoms with Crippen LogP contribution in [0.25, 0.3) is 5.70 Å². The third-order valence-corrected chi connectivity index (χ3v) is 4.51. The number of nitrogens with one attached hydrogen (secondary N) is 1. The molecule has 0 amide bonds. The van der Waals surface area contributed by atoms with Gasteiger partial charge in [-0.25, -0.2) is 9.38 Å². The van der Waals surface area contributed by atoms with Gasteiger partial charge in [0.2, 0.25) is 0 Å². The molecule has 4 nitrogen and oxygen atoms in total. The summed E-state index contributed by atoms with van der Waals surface area (Å²) in [6.07, 6.45) is 4.25. The van der Waals surface area contributed by atoms with E-state index >= 15 is 0 Å². The van der Waals surface area contributed by atoms with E-state index in [9.17, 15) is 4.39 Å². The fourth-order valence-electron chi connectivity index (χ4n) is 3.25. The monoisotopic (exact) mass is 350 g/mol. The second-order valence-corrected chi connectivity index (χ2v) is 6.19. The first-order chi connectivity index (χ1) is 13.0. The van der Waals surface area contributed by atoms with E-state index in [1.54, 1.807) is 18.3 Å². The summed E-state index contributed by atoms with van der Waals surface area (Å²) in [6.45, 7) is 2.43. The quantitative estimate of drug-likeness (QED) is 0.898. The number of ether oxygens (including phenoxy) is 1. The first-order valence-electron chi connectivity index (χ1n) is 8.93. The summed E-state index contributed by atoms with van der Waals surface area (Å²) in [7, 11) is 1.44. The van der Waals surface area contributed by atoms with Crippen LogP contribution in [0, 0.1) is 5.82 Å². The van der Waals surface area contributed by atoms with Gasteiger partial charge >= 0.3 is 0 Å². The molecule has 2 heterocycles. The number of aliphatic imine (C=N–C) groups is 1. The van der Waals surface area contributed by atoms with Gasteiger partial charge in [-0.2, -0.15) is 0 Å². The van der Waals surface area contributed by atoms with Crippen molar-refractivity contribution in [3.8, 4) is 5.75 Å². The third kappa shape index (κ3) is 2.86. The molecule has 2 aromatic carbocycles. The SMILES string of the molecule is [2H]C1(N2CC=CC(C)=C2c2ccc(OC)c(F)c2)N=Cc2ccccc2N1. The van der Waals surface area contributed by atoms with Gasteiger partial charge in [0.05, 0.1) is 12.8 Å². The first kappa shape index (κ1) is 15.2. The molecule has 26 heavy (non-hydrogen) atoms. The maximum absolute atomic E-state index is 14.3. The van der Waals surface area contributed by atoms with E-state index in [2.05, 4.69) is 10.3 Å². The molecule has 1 N–H and O–H groups in total. The van der Waals surface area contributed by atoms with Gasteiger partial charge in [0.15, 0.2) is 17.8 Å². The van der Waals surface area contributed by atoms with Crippen molar-refractivity contribution in [3.63, 3.8) is 0 Å². The van der Waals surface area contributed by atoms with Crippen molar-refractivity contribution in [1.29, 1.82) is 0 Å². The van der Waals surface area contributed by atoms with Crippen LogP contribution in [-0.4, -0.2) is 31.0 Å². The summed E-state index contributed by atoms with van der Waals surface area (Å²) in [5.74, 6) is -0.243. The minimum atomic E-state index is -1.42. The molecule has 2 aromatic rings. The number of methoxy groups -OCH3 is 1.